The molecule has 0 spiro atoms. The van der Waals surface area contributed by atoms with Crippen molar-refractivity contribution >= 4 is 0 Å². The molecular formula is C36H50O3. The summed E-state index contributed by atoms with van der Waals surface area (Å²) in [5.74, 6) is 0.847. The molecule has 0 bridgehead atoms. The molecule has 39 heavy (non-hydrogen) atoms. The van der Waals surface area contributed by atoms with Crippen molar-refractivity contribution in [2.45, 2.75) is 110 Å². The lowest BCUT2D eigenvalue weighted by Gasteiger charge is -2.14. The Labute approximate surface area is 237 Å². The molecule has 3 nitrogen and oxygen atoms in total. The number of benzene rings is 3. The Hall–Kier alpha value is -2.78. The minimum Gasteiger partial charge on any atom is -0.507 e. The zero-order valence-electron chi connectivity index (χ0n) is 24.2. The Bertz CT molecular complexity index is 955. The SMILES string of the molecule is CCCCCCCCCCCCCCCCCCOOc1cc(-c2ccccc2)c(O)c(-c2ccccc2)c1. The molecule has 3 heteroatoms. The number of phenols is 1. The molecular weight excluding hydrogens is 480 g/mol. The fourth-order valence-corrected chi connectivity index (χ4v) is 5.15. The molecule has 0 atom stereocenters. The smallest absolute Gasteiger partial charge is 0.166 e. The monoisotopic (exact) mass is 530 g/mol. The molecule has 1 N–H and O–H groups in total. The van der Waals surface area contributed by atoms with Crippen LogP contribution in [0.15, 0.2) is 72.8 Å². The number of unbranched alkanes of at least 4 members (excludes halogenated alkanes) is 15. The quantitative estimate of drug-likeness (QED) is 0.0845. The lowest BCUT2D eigenvalue weighted by atomic mass is 9.97. The average molecular weight is 531 g/mol. The van der Waals surface area contributed by atoms with Crippen molar-refractivity contribution in [3.8, 4) is 33.8 Å². The van der Waals surface area contributed by atoms with Crippen LogP contribution in [0.3, 0.4) is 0 Å². The van der Waals surface area contributed by atoms with Crippen LogP contribution in [0, 0.1) is 0 Å². The third-order valence-electron chi connectivity index (χ3n) is 7.49. The predicted molar refractivity (Wildman–Crippen MR) is 165 cm³/mol. The highest BCUT2D eigenvalue weighted by atomic mass is 17.2. The van der Waals surface area contributed by atoms with Gasteiger partial charge < -0.3 is 9.99 Å². The van der Waals surface area contributed by atoms with E-state index in [-0.39, 0.29) is 5.75 Å². The molecule has 0 saturated carbocycles. The summed E-state index contributed by atoms with van der Waals surface area (Å²) in [6.07, 6.45) is 21.6. The first-order valence-electron chi connectivity index (χ1n) is 15.6. The van der Waals surface area contributed by atoms with Crippen molar-refractivity contribution in [3.05, 3.63) is 72.8 Å². The molecule has 0 aromatic heterocycles. The van der Waals surface area contributed by atoms with Crippen molar-refractivity contribution in [1.29, 1.82) is 0 Å². The second-order valence-corrected chi connectivity index (χ2v) is 10.8. The molecule has 212 valence electrons. The summed E-state index contributed by atoms with van der Waals surface area (Å²) in [4.78, 5) is 11.3. The van der Waals surface area contributed by atoms with E-state index in [9.17, 15) is 5.11 Å². The minimum atomic E-state index is 0.248. The van der Waals surface area contributed by atoms with Crippen molar-refractivity contribution in [2.24, 2.45) is 0 Å². The zero-order valence-corrected chi connectivity index (χ0v) is 24.2. The highest BCUT2D eigenvalue weighted by Gasteiger charge is 2.14. The topological polar surface area (TPSA) is 38.7 Å². The van der Waals surface area contributed by atoms with Crippen LogP contribution in [0.4, 0.5) is 0 Å². The second-order valence-electron chi connectivity index (χ2n) is 10.8. The highest BCUT2D eigenvalue weighted by Crippen LogP contribution is 2.41. The van der Waals surface area contributed by atoms with Crippen LogP contribution in [0.5, 0.6) is 11.5 Å². The largest absolute Gasteiger partial charge is 0.507 e. The molecule has 0 unspecified atom stereocenters. The molecule has 0 saturated heterocycles. The maximum absolute atomic E-state index is 11.1. The van der Waals surface area contributed by atoms with E-state index in [2.05, 4.69) is 6.92 Å². The number of aromatic hydroxyl groups is 1. The molecule has 3 aromatic carbocycles. The van der Waals surface area contributed by atoms with E-state index < -0.39 is 0 Å². The van der Waals surface area contributed by atoms with Gasteiger partial charge in [-0.15, -0.1) is 0 Å². The van der Waals surface area contributed by atoms with Crippen LogP contribution < -0.4 is 4.89 Å². The van der Waals surface area contributed by atoms with E-state index in [1.165, 1.54) is 96.3 Å². The van der Waals surface area contributed by atoms with Gasteiger partial charge in [0.05, 0.1) is 6.61 Å². The Morgan fingerprint density at radius 3 is 1.31 bits per heavy atom. The van der Waals surface area contributed by atoms with Crippen LogP contribution in [-0.4, -0.2) is 11.7 Å². The standard InChI is InChI=1S/C36H50O3/c1-2-3-4-5-6-7-8-9-10-11-12-13-14-15-16-23-28-38-39-33-29-34(31-24-19-17-20-25-31)36(37)35(30-33)32-26-21-18-22-27-32/h17-22,24-27,29-30,37H,2-16,23,28H2,1H3. The number of hydrogen-bond acceptors (Lipinski definition) is 3. The summed E-state index contributed by atoms with van der Waals surface area (Å²) < 4.78 is 0. The van der Waals surface area contributed by atoms with Crippen molar-refractivity contribution in [1.82, 2.24) is 0 Å². The van der Waals surface area contributed by atoms with E-state index in [1.807, 2.05) is 72.8 Å². The van der Waals surface area contributed by atoms with Gasteiger partial charge in [-0.3, -0.25) is 0 Å². The highest BCUT2D eigenvalue weighted by molar-refractivity contribution is 5.83. The third-order valence-corrected chi connectivity index (χ3v) is 7.49. The molecule has 0 fully saturated rings. The third kappa shape index (κ3) is 11.9. The van der Waals surface area contributed by atoms with Gasteiger partial charge in [-0.05, 0) is 29.7 Å². The molecule has 0 aliphatic heterocycles. The molecule has 0 radical (unpaired) electrons. The van der Waals surface area contributed by atoms with Gasteiger partial charge in [-0.2, -0.15) is 4.89 Å². The van der Waals surface area contributed by atoms with Crippen LogP contribution >= 0.6 is 0 Å². The second kappa shape index (κ2) is 19.3. The summed E-state index contributed by atoms with van der Waals surface area (Å²) in [6, 6.07) is 23.5. The normalized spacial score (nSPS) is 11.1. The Morgan fingerprint density at radius 1 is 0.513 bits per heavy atom. The maximum Gasteiger partial charge on any atom is 0.166 e. The average Bonchev–Trinajstić information content (AvgIpc) is 2.98. The maximum atomic E-state index is 11.1. The fraction of sp³-hybridized carbons (Fsp3) is 0.500. The van der Waals surface area contributed by atoms with Crippen molar-refractivity contribution < 1.29 is 14.9 Å². The Balaban J connectivity index is 1.29. The van der Waals surface area contributed by atoms with Gasteiger partial charge in [0, 0.05) is 11.1 Å². The van der Waals surface area contributed by atoms with Gasteiger partial charge in [0.15, 0.2) is 5.75 Å². The summed E-state index contributed by atoms with van der Waals surface area (Å²) in [5, 5.41) is 11.1. The molecule has 3 rings (SSSR count). The van der Waals surface area contributed by atoms with Crippen LogP contribution in [0.25, 0.3) is 22.3 Å². The summed E-state index contributed by atoms with van der Waals surface area (Å²) in [7, 11) is 0. The van der Waals surface area contributed by atoms with Gasteiger partial charge in [-0.25, -0.2) is 0 Å². The number of phenolic OH excluding ortho intramolecular Hbond substituents is 1. The van der Waals surface area contributed by atoms with E-state index in [0.717, 1.165) is 28.7 Å². The summed E-state index contributed by atoms with van der Waals surface area (Å²) in [5.41, 5.74) is 3.35. The fourth-order valence-electron chi connectivity index (χ4n) is 5.15. The summed E-state index contributed by atoms with van der Waals surface area (Å²) >= 11 is 0. The molecule has 0 amide bonds. The first-order valence-corrected chi connectivity index (χ1v) is 15.6. The minimum absolute atomic E-state index is 0.248. The van der Waals surface area contributed by atoms with Gasteiger partial charge in [-0.1, -0.05) is 164 Å². The van der Waals surface area contributed by atoms with Crippen LogP contribution in [0.1, 0.15) is 110 Å². The van der Waals surface area contributed by atoms with Crippen molar-refractivity contribution in [2.75, 3.05) is 6.61 Å². The van der Waals surface area contributed by atoms with Crippen molar-refractivity contribution in [3.63, 3.8) is 0 Å². The van der Waals surface area contributed by atoms with Gasteiger partial charge in [0.25, 0.3) is 0 Å². The van der Waals surface area contributed by atoms with Crippen LogP contribution in [-0.2, 0) is 4.89 Å². The Kier molecular flexibility index (Phi) is 15.2. The number of rotatable bonds is 21. The number of hydrogen-bond donors (Lipinski definition) is 1. The van der Waals surface area contributed by atoms with E-state index in [1.54, 1.807) is 0 Å². The Morgan fingerprint density at radius 2 is 0.897 bits per heavy atom. The molecule has 3 aromatic rings. The zero-order chi connectivity index (χ0) is 27.4. The first-order chi connectivity index (χ1) is 19.3. The van der Waals surface area contributed by atoms with E-state index in [0.29, 0.717) is 12.4 Å². The predicted octanol–water partition coefficient (Wildman–Crippen LogP) is 11.3. The lowest BCUT2D eigenvalue weighted by Crippen LogP contribution is -2.00. The van der Waals surface area contributed by atoms with Gasteiger partial charge in [0.1, 0.15) is 5.75 Å². The lowest BCUT2D eigenvalue weighted by molar-refractivity contribution is -0.207. The first kappa shape index (κ1) is 30.8. The molecule has 0 aliphatic carbocycles. The summed E-state index contributed by atoms with van der Waals surface area (Å²) in [6.45, 7) is 2.85. The molecule has 0 aliphatic rings. The van der Waals surface area contributed by atoms with Gasteiger partial charge in [0.2, 0.25) is 0 Å². The van der Waals surface area contributed by atoms with Crippen LogP contribution in [0.2, 0.25) is 0 Å². The molecule has 0 heterocycles. The van der Waals surface area contributed by atoms with E-state index >= 15 is 0 Å². The van der Waals surface area contributed by atoms with E-state index in [4.69, 9.17) is 9.78 Å². The van der Waals surface area contributed by atoms with Gasteiger partial charge >= 0.3 is 0 Å².